The summed E-state index contributed by atoms with van der Waals surface area (Å²) >= 11 is 0. The average molecular weight is 244 g/mol. The molecule has 0 fully saturated rings. The van der Waals surface area contributed by atoms with E-state index in [0.29, 0.717) is 6.54 Å². The van der Waals surface area contributed by atoms with Crippen molar-refractivity contribution in [1.82, 2.24) is 4.57 Å². The van der Waals surface area contributed by atoms with E-state index in [-0.39, 0.29) is 0 Å². The quantitative estimate of drug-likeness (QED) is 0.856. The Bertz CT molecular complexity index is 538. The molecule has 0 bridgehead atoms. The number of fused-ring (bicyclic) bond motifs is 1. The highest BCUT2D eigenvalue weighted by Gasteiger charge is 2.10. The Morgan fingerprint density at radius 1 is 1.22 bits per heavy atom. The Morgan fingerprint density at radius 3 is 2.67 bits per heavy atom. The average Bonchev–Trinajstić information content (AvgIpc) is 2.65. The highest BCUT2D eigenvalue weighted by Crippen LogP contribution is 2.27. The molecule has 1 aromatic heterocycles. The first-order valence-electron chi connectivity index (χ1n) is 6.96. The maximum Gasteiger partial charge on any atom is 0.0513 e. The third-order valence-corrected chi connectivity index (χ3v) is 3.56. The number of hydrogen-bond acceptors (Lipinski definition) is 1. The van der Waals surface area contributed by atoms with Crippen LogP contribution in [-0.4, -0.2) is 11.1 Å². The normalized spacial score (nSPS) is 11.3. The van der Waals surface area contributed by atoms with Crippen LogP contribution in [0.2, 0.25) is 0 Å². The molecule has 0 spiro atoms. The van der Waals surface area contributed by atoms with Gasteiger partial charge < -0.3 is 10.3 Å². The summed E-state index contributed by atoms with van der Waals surface area (Å²) in [6, 6.07) is 4.58. The van der Waals surface area contributed by atoms with E-state index in [2.05, 4.69) is 43.7 Å². The second-order valence-electron chi connectivity index (χ2n) is 5.22. The third kappa shape index (κ3) is 2.44. The number of nitrogens with zero attached hydrogens (tertiary/aromatic N) is 1. The zero-order chi connectivity index (χ0) is 13.1. The van der Waals surface area contributed by atoms with Gasteiger partial charge in [-0.1, -0.05) is 25.0 Å². The van der Waals surface area contributed by atoms with Gasteiger partial charge in [-0.05, 0) is 43.9 Å². The summed E-state index contributed by atoms with van der Waals surface area (Å²) in [6.07, 6.45) is 5.98. The largest absolute Gasteiger partial charge is 0.346 e. The Labute approximate surface area is 110 Å². The molecule has 0 aliphatic carbocycles. The van der Waals surface area contributed by atoms with E-state index < -0.39 is 0 Å². The molecule has 0 amide bonds. The van der Waals surface area contributed by atoms with Gasteiger partial charge in [-0.3, -0.25) is 0 Å². The van der Waals surface area contributed by atoms with Gasteiger partial charge in [-0.15, -0.1) is 0 Å². The standard InChI is InChI=1S/C16H24N2/c1-4-5-6-14-11-18(8-7-17)16-13(3)9-12(2)10-15(14)16/h9-11H,4-8,17H2,1-3H3. The molecule has 0 atom stereocenters. The summed E-state index contributed by atoms with van der Waals surface area (Å²) in [4.78, 5) is 0. The van der Waals surface area contributed by atoms with Gasteiger partial charge in [0.15, 0.2) is 0 Å². The second kappa shape index (κ2) is 5.57. The van der Waals surface area contributed by atoms with Crippen molar-refractivity contribution in [3.8, 4) is 0 Å². The van der Waals surface area contributed by atoms with Crippen LogP contribution in [0.4, 0.5) is 0 Å². The summed E-state index contributed by atoms with van der Waals surface area (Å²) in [6.45, 7) is 8.23. The molecule has 1 aromatic carbocycles. The van der Waals surface area contributed by atoms with Crippen molar-refractivity contribution in [1.29, 1.82) is 0 Å². The summed E-state index contributed by atoms with van der Waals surface area (Å²) in [5.41, 5.74) is 11.3. The lowest BCUT2D eigenvalue weighted by Crippen LogP contribution is -2.09. The fourth-order valence-electron chi connectivity index (χ4n) is 2.79. The molecule has 2 aromatic rings. The van der Waals surface area contributed by atoms with E-state index in [9.17, 15) is 0 Å². The minimum atomic E-state index is 0.699. The van der Waals surface area contributed by atoms with Gasteiger partial charge in [0.1, 0.15) is 0 Å². The molecule has 0 aliphatic heterocycles. The molecule has 2 heteroatoms. The van der Waals surface area contributed by atoms with Crippen molar-refractivity contribution in [2.45, 2.75) is 46.6 Å². The lowest BCUT2D eigenvalue weighted by Gasteiger charge is -2.06. The molecule has 2 N–H and O–H groups in total. The molecule has 0 radical (unpaired) electrons. The van der Waals surface area contributed by atoms with Crippen molar-refractivity contribution in [3.63, 3.8) is 0 Å². The summed E-state index contributed by atoms with van der Waals surface area (Å²) in [5.74, 6) is 0. The van der Waals surface area contributed by atoms with Crippen molar-refractivity contribution < 1.29 is 0 Å². The fourth-order valence-corrected chi connectivity index (χ4v) is 2.79. The number of hydrogen-bond donors (Lipinski definition) is 1. The molecule has 2 nitrogen and oxygen atoms in total. The first-order valence-corrected chi connectivity index (χ1v) is 6.96. The lowest BCUT2D eigenvalue weighted by atomic mass is 10.0. The van der Waals surface area contributed by atoms with Gasteiger partial charge in [0, 0.05) is 24.7 Å². The number of nitrogens with two attached hydrogens (primary N) is 1. The maximum atomic E-state index is 5.72. The lowest BCUT2D eigenvalue weighted by molar-refractivity contribution is 0.725. The Hall–Kier alpha value is -1.28. The molecule has 18 heavy (non-hydrogen) atoms. The highest BCUT2D eigenvalue weighted by atomic mass is 15.0. The number of benzene rings is 1. The Balaban J connectivity index is 2.56. The van der Waals surface area contributed by atoms with E-state index in [1.807, 2.05) is 0 Å². The Morgan fingerprint density at radius 2 is 2.00 bits per heavy atom. The van der Waals surface area contributed by atoms with Gasteiger partial charge in [0.05, 0.1) is 5.52 Å². The van der Waals surface area contributed by atoms with Gasteiger partial charge in [-0.2, -0.15) is 0 Å². The summed E-state index contributed by atoms with van der Waals surface area (Å²) < 4.78 is 2.33. The summed E-state index contributed by atoms with van der Waals surface area (Å²) in [7, 11) is 0. The topological polar surface area (TPSA) is 30.9 Å². The fraction of sp³-hybridized carbons (Fsp3) is 0.500. The smallest absolute Gasteiger partial charge is 0.0513 e. The highest BCUT2D eigenvalue weighted by molar-refractivity contribution is 5.87. The van der Waals surface area contributed by atoms with Gasteiger partial charge in [0.2, 0.25) is 0 Å². The first-order chi connectivity index (χ1) is 8.67. The van der Waals surface area contributed by atoms with Crippen LogP contribution in [-0.2, 0) is 13.0 Å². The molecular formula is C16H24N2. The molecule has 0 saturated heterocycles. The zero-order valence-corrected chi connectivity index (χ0v) is 11.8. The zero-order valence-electron chi connectivity index (χ0n) is 11.8. The third-order valence-electron chi connectivity index (χ3n) is 3.56. The molecular weight excluding hydrogens is 220 g/mol. The number of unbranched alkanes of at least 4 members (excludes halogenated alkanes) is 1. The van der Waals surface area contributed by atoms with E-state index in [1.165, 1.54) is 46.9 Å². The predicted molar refractivity (Wildman–Crippen MR) is 79.1 cm³/mol. The van der Waals surface area contributed by atoms with E-state index in [0.717, 1.165) is 6.54 Å². The van der Waals surface area contributed by atoms with Crippen molar-refractivity contribution in [2.24, 2.45) is 5.73 Å². The van der Waals surface area contributed by atoms with Crippen molar-refractivity contribution >= 4 is 10.9 Å². The van der Waals surface area contributed by atoms with Crippen molar-refractivity contribution in [3.05, 3.63) is 35.0 Å². The number of aromatic nitrogens is 1. The van der Waals surface area contributed by atoms with Crippen LogP contribution >= 0.6 is 0 Å². The molecule has 0 aliphatic rings. The predicted octanol–water partition coefficient (Wildman–Crippen LogP) is 3.56. The van der Waals surface area contributed by atoms with E-state index >= 15 is 0 Å². The van der Waals surface area contributed by atoms with Gasteiger partial charge >= 0.3 is 0 Å². The van der Waals surface area contributed by atoms with E-state index in [1.54, 1.807) is 0 Å². The molecule has 0 unspecified atom stereocenters. The second-order valence-corrected chi connectivity index (χ2v) is 5.22. The van der Waals surface area contributed by atoms with Crippen LogP contribution in [0.15, 0.2) is 18.3 Å². The monoisotopic (exact) mass is 244 g/mol. The van der Waals surface area contributed by atoms with Crippen LogP contribution in [0.1, 0.15) is 36.5 Å². The number of rotatable bonds is 5. The first kappa shape index (κ1) is 13.2. The van der Waals surface area contributed by atoms with Gasteiger partial charge in [-0.25, -0.2) is 0 Å². The minimum Gasteiger partial charge on any atom is -0.346 e. The van der Waals surface area contributed by atoms with Crippen LogP contribution in [0.5, 0.6) is 0 Å². The molecule has 98 valence electrons. The Kier molecular flexibility index (Phi) is 4.07. The van der Waals surface area contributed by atoms with Gasteiger partial charge in [0.25, 0.3) is 0 Å². The van der Waals surface area contributed by atoms with Crippen LogP contribution < -0.4 is 5.73 Å². The van der Waals surface area contributed by atoms with Crippen molar-refractivity contribution in [2.75, 3.05) is 6.54 Å². The SMILES string of the molecule is CCCCc1cn(CCN)c2c(C)cc(C)cc12. The number of aryl methyl sites for hydroxylation is 3. The molecule has 1 heterocycles. The molecule has 0 saturated carbocycles. The van der Waals surface area contributed by atoms with E-state index in [4.69, 9.17) is 5.73 Å². The minimum absolute atomic E-state index is 0.699. The van der Waals surface area contributed by atoms with Crippen LogP contribution in [0.25, 0.3) is 10.9 Å². The van der Waals surface area contributed by atoms with Crippen LogP contribution in [0, 0.1) is 13.8 Å². The maximum absolute atomic E-state index is 5.72. The molecule has 2 rings (SSSR count). The summed E-state index contributed by atoms with van der Waals surface area (Å²) in [5, 5.41) is 1.43. The van der Waals surface area contributed by atoms with Crippen LogP contribution in [0.3, 0.4) is 0 Å².